The molecule has 2 aromatic rings. The van der Waals surface area contributed by atoms with Gasteiger partial charge in [0.25, 0.3) is 0 Å². The van der Waals surface area contributed by atoms with Gasteiger partial charge in [0.1, 0.15) is 5.01 Å². The monoisotopic (exact) mass is 272 g/mol. The van der Waals surface area contributed by atoms with Crippen LogP contribution in [0.3, 0.4) is 0 Å². The van der Waals surface area contributed by atoms with Crippen LogP contribution in [0.5, 0.6) is 0 Å². The summed E-state index contributed by atoms with van der Waals surface area (Å²) in [6, 6.07) is 10.5. The zero-order valence-corrected chi connectivity index (χ0v) is 12.2. The first-order chi connectivity index (χ1) is 9.31. The second-order valence-corrected chi connectivity index (χ2v) is 6.33. The molecule has 1 aromatic carbocycles. The minimum absolute atomic E-state index is 0.895. The lowest BCUT2D eigenvalue weighted by Gasteiger charge is -2.29. The zero-order chi connectivity index (χ0) is 13.1. The number of benzene rings is 1. The molecule has 100 valence electrons. The van der Waals surface area contributed by atoms with Crippen molar-refractivity contribution in [1.29, 1.82) is 0 Å². The molecule has 0 unspecified atom stereocenters. The standard InChI is InChI=1S/C16H20N2S/c1-13-7-9-18(10-8-13)11-15-12-19-16(17-15)14-5-3-2-4-6-14/h2-6,12-13H,7-11H2,1H3. The van der Waals surface area contributed by atoms with E-state index in [2.05, 4.69) is 41.5 Å². The van der Waals surface area contributed by atoms with E-state index in [0.29, 0.717) is 0 Å². The quantitative estimate of drug-likeness (QED) is 0.838. The Morgan fingerprint density at radius 3 is 2.68 bits per heavy atom. The Hall–Kier alpha value is -1.19. The number of nitrogens with zero attached hydrogens (tertiary/aromatic N) is 2. The topological polar surface area (TPSA) is 16.1 Å². The first kappa shape index (κ1) is 12.8. The normalized spacial score (nSPS) is 17.7. The van der Waals surface area contributed by atoms with E-state index in [9.17, 15) is 0 Å². The van der Waals surface area contributed by atoms with E-state index in [4.69, 9.17) is 4.98 Å². The van der Waals surface area contributed by atoms with Gasteiger partial charge in [0.05, 0.1) is 5.69 Å². The molecule has 1 aromatic heterocycles. The predicted octanol–water partition coefficient (Wildman–Crippen LogP) is 4.04. The number of thiazole rings is 1. The van der Waals surface area contributed by atoms with Crippen LogP contribution in [0.2, 0.25) is 0 Å². The number of rotatable bonds is 3. The Morgan fingerprint density at radius 2 is 1.95 bits per heavy atom. The van der Waals surface area contributed by atoms with Gasteiger partial charge in [-0.2, -0.15) is 0 Å². The minimum atomic E-state index is 0.895. The van der Waals surface area contributed by atoms with Crippen molar-refractivity contribution in [3.8, 4) is 10.6 Å². The number of likely N-dealkylation sites (tertiary alicyclic amines) is 1. The zero-order valence-electron chi connectivity index (χ0n) is 11.4. The van der Waals surface area contributed by atoms with Gasteiger partial charge in [0, 0.05) is 17.5 Å². The van der Waals surface area contributed by atoms with E-state index in [0.717, 1.165) is 17.5 Å². The molecule has 0 atom stereocenters. The van der Waals surface area contributed by atoms with Gasteiger partial charge in [-0.15, -0.1) is 11.3 Å². The molecule has 0 radical (unpaired) electrons. The molecular formula is C16H20N2S. The molecule has 0 saturated carbocycles. The summed E-state index contributed by atoms with van der Waals surface area (Å²) >= 11 is 1.75. The van der Waals surface area contributed by atoms with Crippen molar-refractivity contribution in [1.82, 2.24) is 9.88 Å². The van der Waals surface area contributed by atoms with Gasteiger partial charge in [-0.25, -0.2) is 4.98 Å². The van der Waals surface area contributed by atoms with Crippen LogP contribution in [0.4, 0.5) is 0 Å². The molecule has 1 saturated heterocycles. The van der Waals surface area contributed by atoms with Gasteiger partial charge in [-0.1, -0.05) is 37.3 Å². The summed E-state index contributed by atoms with van der Waals surface area (Å²) in [4.78, 5) is 7.30. The second kappa shape index (κ2) is 5.85. The van der Waals surface area contributed by atoms with Crippen molar-refractivity contribution in [2.75, 3.05) is 13.1 Å². The SMILES string of the molecule is CC1CCN(Cc2csc(-c3ccccc3)n2)CC1. The van der Waals surface area contributed by atoms with Gasteiger partial charge in [0.2, 0.25) is 0 Å². The lowest BCUT2D eigenvalue weighted by molar-refractivity contribution is 0.184. The first-order valence-corrected chi connectivity index (χ1v) is 7.91. The molecule has 2 nitrogen and oxygen atoms in total. The maximum Gasteiger partial charge on any atom is 0.123 e. The third-order valence-corrected chi connectivity index (χ3v) is 4.77. The van der Waals surface area contributed by atoms with Crippen LogP contribution in [-0.2, 0) is 6.54 Å². The Kier molecular flexibility index (Phi) is 3.95. The van der Waals surface area contributed by atoms with Crippen LogP contribution in [0, 0.1) is 5.92 Å². The lowest BCUT2D eigenvalue weighted by Crippen LogP contribution is -2.32. The second-order valence-electron chi connectivity index (χ2n) is 5.47. The lowest BCUT2D eigenvalue weighted by atomic mass is 9.99. The highest BCUT2D eigenvalue weighted by Gasteiger charge is 2.16. The maximum absolute atomic E-state index is 4.77. The molecule has 1 fully saturated rings. The van der Waals surface area contributed by atoms with Crippen LogP contribution < -0.4 is 0 Å². The van der Waals surface area contributed by atoms with Crippen molar-refractivity contribution in [2.24, 2.45) is 5.92 Å². The average molecular weight is 272 g/mol. The van der Waals surface area contributed by atoms with Gasteiger partial charge >= 0.3 is 0 Å². The Labute approximate surface area is 119 Å². The minimum Gasteiger partial charge on any atom is -0.297 e. The molecule has 1 aliphatic heterocycles. The van der Waals surface area contributed by atoms with E-state index in [-0.39, 0.29) is 0 Å². The van der Waals surface area contributed by atoms with Crippen molar-refractivity contribution in [2.45, 2.75) is 26.3 Å². The average Bonchev–Trinajstić information content (AvgIpc) is 2.91. The highest BCUT2D eigenvalue weighted by Crippen LogP contribution is 2.25. The van der Waals surface area contributed by atoms with E-state index in [1.807, 2.05) is 6.07 Å². The van der Waals surface area contributed by atoms with Crippen LogP contribution in [0.15, 0.2) is 35.7 Å². The number of piperidine rings is 1. The fourth-order valence-electron chi connectivity index (χ4n) is 2.54. The summed E-state index contributed by atoms with van der Waals surface area (Å²) in [5, 5.41) is 3.35. The maximum atomic E-state index is 4.77. The van der Waals surface area contributed by atoms with Gasteiger partial charge in [-0.3, -0.25) is 4.90 Å². The molecule has 2 heterocycles. The summed E-state index contributed by atoms with van der Waals surface area (Å²) in [6.07, 6.45) is 2.66. The van der Waals surface area contributed by atoms with E-state index in [1.165, 1.54) is 37.2 Å². The van der Waals surface area contributed by atoms with Crippen molar-refractivity contribution in [3.63, 3.8) is 0 Å². The van der Waals surface area contributed by atoms with E-state index >= 15 is 0 Å². The highest BCUT2D eigenvalue weighted by molar-refractivity contribution is 7.13. The molecule has 3 rings (SSSR count). The fraction of sp³-hybridized carbons (Fsp3) is 0.438. The smallest absolute Gasteiger partial charge is 0.123 e. The Bertz CT molecular complexity index is 513. The predicted molar refractivity (Wildman–Crippen MR) is 81.2 cm³/mol. The molecular weight excluding hydrogens is 252 g/mol. The Balaban J connectivity index is 1.65. The Morgan fingerprint density at radius 1 is 1.21 bits per heavy atom. The molecule has 3 heteroatoms. The van der Waals surface area contributed by atoms with Crippen LogP contribution >= 0.6 is 11.3 Å². The number of hydrogen-bond donors (Lipinski definition) is 0. The van der Waals surface area contributed by atoms with Crippen LogP contribution in [-0.4, -0.2) is 23.0 Å². The third-order valence-electron chi connectivity index (χ3n) is 3.83. The summed E-state index contributed by atoms with van der Waals surface area (Å²) in [7, 11) is 0. The van der Waals surface area contributed by atoms with E-state index < -0.39 is 0 Å². The molecule has 0 bridgehead atoms. The molecule has 0 aliphatic carbocycles. The summed E-state index contributed by atoms with van der Waals surface area (Å²) in [5.74, 6) is 0.895. The van der Waals surface area contributed by atoms with Gasteiger partial charge < -0.3 is 0 Å². The highest BCUT2D eigenvalue weighted by atomic mass is 32.1. The van der Waals surface area contributed by atoms with Gasteiger partial charge in [-0.05, 0) is 31.8 Å². The summed E-state index contributed by atoms with van der Waals surface area (Å²) in [6.45, 7) is 5.81. The molecule has 1 aliphatic rings. The fourth-order valence-corrected chi connectivity index (χ4v) is 3.36. The number of aromatic nitrogens is 1. The summed E-state index contributed by atoms with van der Waals surface area (Å²) in [5.41, 5.74) is 2.45. The largest absolute Gasteiger partial charge is 0.297 e. The molecule has 0 spiro atoms. The van der Waals surface area contributed by atoms with Crippen molar-refractivity contribution < 1.29 is 0 Å². The number of hydrogen-bond acceptors (Lipinski definition) is 3. The van der Waals surface area contributed by atoms with Crippen LogP contribution in [0.1, 0.15) is 25.5 Å². The van der Waals surface area contributed by atoms with Crippen molar-refractivity contribution in [3.05, 3.63) is 41.4 Å². The van der Waals surface area contributed by atoms with E-state index in [1.54, 1.807) is 11.3 Å². The first-order valence-electron chi connectivity index (χ1n) is 7.03. The van der Waals surface area contributed by atoms with Crippen LogP contribution in [0.25, 0.3) is 10.6 Å². The van der Waals surface area contributed by atoms with Gasteiger partial charge in [0.15, 0.2) is 0 Å². The third kappa shape index (κ3) is 3.23. The summed E-state index contributed by atoms with van der Waals surface area (Å²) < 4.78 is 0. The molecule has 19 heavy (non-hydrogen) atoms. The van der Waals surface area contributed by atoms with Crippen molar-refractivity contribution >= 4 is 11.3 Å². The molecule has 0 amide bonds. The molecule has 0 N–H and O–H groups in total.